The Labute approximate surface area is 115 Å². The maximum absolute atomic E-state index is 10.8. The molecule has 0 amide bonds. The summed E-state index contributed by atoms with van der Waals surface area (Å²) in [5.41, 5.74) is 8.36. The number of nitrogens with two attached hydrogens (primary N) is 1. The van der Waals surface area contributed by atoms with E-state index < -0.39 is 12.0 Å². The van der Waals surface area contributed by atoms with Gasteiger partial charge < -0.3 is 15.7 Å². The van der Waals surface area contributed by atoms with Gasteiger partial charge in [-0.25, -0.2) is 0 Å². The maximum Gasteiger partial charge on any atom is 0.304 e. The van der Waals surface area contributed by atoms with Crippen LogP contribution < -0.4 is 5.73 Å². The van der Waals surface area contributed by atoms with E-state index in [1.807, 2.05) is 31.1 Å². The Balaban J connectivity index is 2.96. The normalized spacial score (nSPS) is 14.7. The molecule has 3 N–H and O–H groups in total. The fourth-order valence-electron chi connectivity index (χ4n) is 2.32. The average Bonchev–Trinajstić information content (AvgIpc) is 2.28. The standard InChI is InChI=1S/C15H24N2O2/c1-10(2)11-5-7-12(8-6-11)15(17(3)4)13(16)9-14(18)19/h5-8,10,13,15H,9,16H2,1-4H3,(H,18,19). The van der Waals surface area contributed by atoms with Gasteiger partial charge >= 0.3 is 5.97 Å². The summed E-state index contributed by atoms with van der Waals surface area (Å²) in [4.78, 5) is 12.8. The van der Waals surface area contributed by atoms with Crippen molar-refractivity contribution in [1.82, 2.24) is 4.90 Å². The van der Waals surface area contributed by atoms with Crippen molar-refractivity contribution in [3.63, 3.8) is 0 Å². The monoisotopic (exact) mass is 264 g/mol. The van der Waals surface area contributed by atoms with Gasteiger partial charge in [0.15, 0.2) is 0 Å². The summed E-state index contributed by atoms with van der Waals surface area (Å²) in [7, 11) is 3.84. The van der Waals surface area contributed by atoms with Crippen LogP contribution in [0, 0.1) is 0 Å². The van der Waals surface area contributed by atoms with Crippen LogP contribution >= 0.6 is 0 Å². The molecule has 0 saturated carbocycles. The van der Waals surface area contributed by atoms with Gasteiger partial charge in [0.1, 0.15) is 0 Å². The Morgan fingerprint density at radius 1 is 1.21 bits per heavy atom. The van der Waals surface area contributed by atoms with Crippen molar-refractivity contribution in [2.75, 3.05) is 14.1 Å². The molecular weight excluding hydrogens is 240 g/mol. The first-order chi connectivity index (χ1) is 8.82. The molecule has 0 spiro atoms. The maximum atomic E-state index is 10.8. The van der Waals surface area contributed by atoms with E-state index in [0.717, 1.165) is 5.56 Å². The predicted molar refractivity (Wildman–Crippen MR) is 77.2 cm³/mol. The van der Waals surface area contributed by atoms with E-state index in [1.165, 1.54) is 5.56 Å². The quantitative estimate of drug-likeness (QED) is 0.826. The highest BCUT2D eigenvalue weighted by Gasteiger charge is 2.24. The molecule has 4 nitrogen and oxygen atoms in total. The lowest BCUT2D eigenvalue weighted by Crippen LogP contribution is -2.38. The highest BCUT2D eigenvalue weighted by Crippen LogP contribution is 2.25. The van der Waals surface area contributed by atoms with E-state index in [0.29, 0.717) is 5.92 Å². The Morgan fingerprint density at radius 2 is 1.68 bits per heavy atom. The molecule has 1 aromatic rings. The van der Waals surface area contributed by atoms with E-state index in [4.69, 9.17) is 10.8 Å². The first-order valence-electron chi connectivity index (χ1n) is 6.56. The van der Waals surface area contributed by atoms with Crippen LogP contribution in [0.4, 0.5) is 0 Å². The summed E-state index contributed by atoms with van der Waals surface area (Å²) >= 11 is 0. The van der Waals surface area contributed by atoms with Crippen LogP contribution in [0.2, 0.25) is 0 Å². The van der Waals surface area contributed by atoms with E-state index in [-0.39, 0.29) is 12.5 Å². The molecule has 0 aromatic heterocycles. The summed E-state index contributed by atoms with van der Waals surface area (Å²) in [6, 6.07) is 7.76. The van der Waals surface area contributed by atoms with Crippen LogP contribution in [0.25, 0.3) is 0 Å². The third-order valence-corrected chi connectivity index (χ3v) is 3.32. The number of rotatable bonds is 6. The van der Waals surface area contributed by atoms with Gasteiger partial charge in [-0.05, 0) is 31.1 Å². The lowest BCUT2D eigenvalue weighted by molar-refractivity contribution is -0.137. The lowest BCUT2D eigenvalue weighted by Gasteiger charge is -2.29. The number of carboxylic acids is 1. The topological polar surface area (TPSA) is 66.6 Å². The van der Waals surface area contributed by atoms with E-state index >= 15 is 0 Å². The Kier molecular flexibility index (Phi) is 5.51. The molecule has 1 rings (SSSR count). The van der Waals surface area contributed by atoms with Crippen LogP contribution in [-0.4, -0.2) is 36.1 Å². The molecule has 4 heteroatoms. The Bertz CT molecular complexity index is 413. The molecule has 0 fully saturated rings. The predicted octanol–water partition coefficient (Wildman–Crippen LogP) is 2.21. The number of carbonyl (C=O) groups is 1. The summed E-state index contributed by atoms with van der Waals surface area (Å²) in [6.07, 6.45) is -0.0330. The molecule has 19 heavy (non-hydrogen) atoms. The van der Waals surface area contributed by atoms with Gasteiger partial charge in [0.25, 0.3) is 0 Å². The van der Waals surface area contributed by atoms with E-state index in [2.05, 4.69) is 26.0 Å². The third kappa shape index (κ3) is 4.33. The number of hydrogen-bond donors (Lipinski definition) is 2. The highest BCUT2D eigenvalue weighted by molar-refractivity contribution is 5.67. The lowest BCUT2D eigenvalue weighted by atomic mass is 9.94. The molecule has 2 unspecified atom stereocenters. The van der Waals surface area contributed by atoms with Crippen LogP contribution in [-0.2, 0) is 4.79 Å². The van der Waals surface area contributed by atoms with Crippen molar-refractivity contribution in [3.8, 4) is 0 Å². The number of likely N-dealkylation sites (N-methyl/N-ethyl adjacent to an activating group) is 1. The van der Waals surface area contributed by atoms with Gasteiger partial charge in [-0.15, -0.1) is 0 Å². The molecule has 2 atom stereocenters. The zero-order valence-corrected chi connectivity index (χ0v) is 12.1. The molecular formula is C15H24N2O2. The number of carboxylic acid groups (broad SMARTS) is 1. The minimum Gasteiger partial charge on any atom is -0.481 e. The van der Waals surface area contributed by atoms with Crippen molar-refractivity contribution in [3.05, 3.63) is 35.4 Å². The van der Waals surface area contributed by atoms with Crippen LogP contribution in [0.3, 0.4) is 0 Å². The number of benzene rings is 1. The zero-order valence-electron chi connectivity index (χ0n) is 12.1. The molecule has 0 radical (unpaired) electrons. The average molecular weight is 264 g/mol. The summed E-state index contributed by atoms with van der Waals surface area (Å²) in [5, 5.41) is 8.88. The van der Waals surface area contributed by atoms with Gasteiger partial charge in [-0.2, -0.15) is 0 Å². The van der Waals surface area contributed by atoms with Gasteiger partial charge in [-0.3, -0.25) is 4.79 Å². The second-order valence-electron chi connectivity index (χ2n) is 5.49. The third-order valence-electron chi connectivity index (χ3n) is 3.32. The second kappa shape index (κ2) is 6.68. The minimum atomic E-state index is -0.863. The zero-order chi connectivity index (χ0) is 14.6. The van der Waals surface area contributed by atoms with E-state index in [1.54, 1.807) is 0 Å². The van der Waals surface area contributed by atoms with Crippen molar-refractivity contribution in [1.29, 1.82) is 0 Å². The van der Waals surface area contributed by atoms with Crippen molar-refractivity contribution in [2.45, 2.75) is 38.3 Å². The molecule has 0 heterocycles. The van der Waals surface area contributed by atoms with Crippen LogP contribution in [0.15, 0.2) is 24.3 Å². The van der Waals surface area contributed by atoms with Gasteiger partial charge in [0.2, 0.25) is 0 Å². The molecule has 0 aliphatic rings. The summed E-state index contributed by atoms with van der Waals surface area (Å²) in [6.45, 7) is 4.29. The van der Waals surface area contributed by atoms with Crippen molar-refractivity contribution in [2.24, 2.45) is 5.73 Å². The van der Waals surface area contributed by atoms with Gasteiger partial charge in [-0.1, -0.05) is 38.1 Å². The summed E-state index contributed by atoms with van der Waals surface area (Å²) < 4.78 is 0. The molecule has 0 aliphatic heterocycles. The van der Waals surface area contributed by atoms with E-state index in [9.17, 15) is 4.79 Å². The second-order valence-corrected chi connectivity index (χ2v) is 5.49. The Morgan fingerprint density at radius 3 is 2.05 bits per heavy atom. The SMILES string of the molecule is CC(C)c1ccc(C(C(N)CC(=O)O)N(C)C)cc1. The number of hydrogen-bond acceptors (Lipinski definition) is 3. The molecule has 1 aromatic carbocycles. The fourth-order valence-corrected chi connectivity index (χ4v) is 2.32. The Hall–Kier alpha value is -1.39. The first kappa shape index (κ1) is 15.7. The van der Waals surface area contributed by atoms with Crippen LogP contribution in [0.1, 0.15) is 43.4 Å². The molecule has 0 saturated heterocycles. The number of aliphatic carboxylic acids is 1. The molecule has 0 bridgehead atoms. The van der Waals surface area contributed by atoms with Crippen LogP contribution in [0.5, 0.6) is 0 Å². The van der Waals surface area contributed by atoms with Gasteiger partial charge in [0, 0.05) is 12.1 Å². The smallest absolute Gasteiger partial charge is 0.304 e. The highest BCUT2D eigenvalue weighted by atomic mass is 16.4. The molecule has 0 aliphatic carbocycles. The number of nitrogens with zero attached hydrogens (tertiary/aromatic N) is 1. The van der Waals surface area contributed by atoms with Crippen molar-refractivity contribution >= 4 is 5.97 Å². The largest absolute Gasteiger partial charge is 0.481 e. The summed E-state index contributed by atoms with van der Waals surface area (Å²) in [5.74, 6) is -0.377. The minimum absolute atomic E-state index is 0.0330. The fraction of sp³-hybridized carbons (Fsp3) is 0.533. The van der Waals surface area contributed by atoms with Gasteiger partial charge in [0.05, 0.1) is 6.42 Å². The molecule has 106 valence electrons. The first-order valence-corrected chi connectivity index (χ1v) is 6.56. The van der Waals surface area contributed by atoms with Crippen molar-refractivity contribution < 1.29 is 9.90 Å².